The second kappa shape index (κ2) is 13.2. The van der Waals surface area contributed by atoms with Crippen molar-refractivity contribution >= 4 is 23.3 Å². The normalized spacial score (nSPS) is 11.5. The van der Waals surface area contributed by atoms with Crippen molar-refractivity contribution in [3.05, 3.63) is 90.0 Å². The molecular formula is C29H34N2O4. The predicted octanol–water partition coefficient (Wildman–Crippen LogP) is 6.09. The largest absolute Gasteiger partial charge is 0.489 e. The summed E-state index contributed by atoms with van der Waals surface area (Å²) in [5.74, 6) is -0.508. The Bertz CT molecular complexity index is 1080. The lowest BCUT2D eigenvalue weighted by Gasteiger charge is -2.19. The molecule has 1 amide bonds. The van der Waals surface area contributed by atoms with Gasteiger partial charge in [0.05, 0.1) is 5.92 Å². The molecule has 0 saturated carbocycles. The van der Waals surface area contributed by atoms with Crippen LogP contribution in [-0.2, 0) is 16.2 Å². The van der Waals surface area contributed by atoms with E-state index in [0.29, 0.717) is 30.9 Å². The average molecular weight is 475 g/mol. The molecule has 0 aliphatic heterocycles. The fourth-order valence-corrected chi connectivity index (χ4v) is 3.89. The molecule has 0 spiro atoms. The number of aliphatic carboxylic acids is 1. The highest BCUT2D eigenvalue weighted by atomic mass is 16.5. The van der Waals surface area contributed by atoms with Gasteiger partial charge in [0.25, 0.3) is 0 Å². The van der Waals surface area contributed by atoms with Crippen LogP contribution < -0.4 is 15.0 Å². The summed E-state index contributed by atoms with van der Waals surface area (Å²) in [6, 6.07) is 25.4. The Labute approximate surface area is 207 Å². The van der Waals surface area contributed by atoms with Crippen molar-refractivity contribution in [1.29, 1.82) is 0 Å². The molecule has 0 fully saturated rings. The summed E-state index contributed by atoms with van der Waals surface area (Å²) < 4.78 is 5.90. The summed E-state index contributed by atoms with van der Waals surface area (Å²) in [6.07, 6.45) is 2.97. The van der Waals surface area contributed by atoms with E-state index in [4.69, 9.17) is 9.84 Å². The van der Waals surface area contributed by atoms with Crippen LogP contribution in [0.1, 0.15) is 49.1 Å². The molecule has 0 radical (unpaired) electrons. The number of unbranched alkanes of at least 4 members (excludes halogenated alkanes) is 2. The maximum Gasteiger partial charge on any atom is 0.303 e. The van der Waals surface area contributed by atoms with E-state index < -0.39 is 5.97 Å². The molecule has 3 aromatic carbocycles. The molecule has 184 valence electrons. The number of hydrogen-bond donors (Lipinski definition) is 2. The molecule has 0 saturated heterocycles. The lowest BCUT2D eigenvalue weighted by atomic mass is 9.91. The zero-order valence-electron chi connectivity index (χ0n) is 20.4. The van der Waals surface area contributed by atoms with Crippen LogP contribution in [0.3, 0.4) is 0 Å². The Hall–Kier alpha value is -3.80. The van der Waals surface area contributed by atoms with Gasteiger partial charge in [-0.25, -0.2) is 0 Å². The first kappa shape index (κ1) is 25.8. The molecule has 0 heterocycles. The number of nitrogens with one attached hydrogen (secondary N) is 1. The summed E-state index contributed by atoms with van der Waals surface area (Å²) in [6.45, 7) is 0.454. The lowest BCUT2D eigenvalue weighted by molar-refractivity contribution is -0.137. The molecular weight excluding hydrogens is 440 g/mol. The summed E-state index contributed by atoms with van der Waals surface area (Å²) in [5, 5.41) is 11.9. The summed E-state index contributed by atoms with van der Waals surface area (Å²) in [7, 11) is 3.96. The van der Waals surface area contributed by atoms with Gasteiger partial charge >= 0.3 is 5.97 Å². The SMILES string of the molecule is CN(C)c1ccc([C@H](CCCCCC(=O)O)C(=O)Nc2cccc(OCc3ccccc3)c2)cc1. The van der Waals surface area contributed by atoms with Crippen molar-refractivity contribution in [2.45, 2.75) is 44.6 Å². The van der Waals surface area contributed by atoms with Crippen molar-refractivity contribution in [3.63, 3.8) is 0 Å². The molecule has 0 unspecified atom stereocenters. The van der Waals surface area contributed by atoms with Crippen molar-refractivity contribution in [2.24, 2.45) is 0 Å². The van der Waals surface area contributed by atoms with Crippen LogP contribution >= 0.6 is 0 Å². The molecule has 2 N–H and O–H groups in total. The van der Waals surface area contributed by atoms with Crippen LogP contribution in [0.5, 0.6) is 5.75 Å². The number of nitrogens with zero attached hydrogens (tertiary/aromatic N) is 1. The Morgan fingerprint density at radius 2 is 1.66 bits per heavy atom. The van der Waals surface area contributed by atoms with Gasteiger partial charge in [0, 0.05) is 38.0 Å². The van der Waals surface area contributed by atoms with Crippen LogP contribution in [0.2, 0.25) is 0 Å². The van der Waals surface area contributed by atoms with E-state index in [-0.39, 0.29) is 18.2 Å². The van der Waals surface area contributed by atoms with Gasteiger partial charge in [-0.15, -0.1) is 0 Å². The van der Waals surface area contributed by atoms with E-state index in [9.17, 15) is 9.59 Å². The standard InChI is InChI=1S/C29H34N2O4/c1-31(2)25-18-16-23(17-19-25)27(14-7-4-8-15-28(32)33)29(34)30-24-12-9-13-26(20-24)35-21-22-10-5-3-6-11-22/h3,5-6,9-13,16-20,27H,4,7-8,14-15,21H2,1-2H3,(H,30,34)(H,32,33)/t27-/m0/s1. The fraction of sp³-hybridized carbons (Fsp3) is 0.310. The van der Waals surface area contributed by atoms with Gasteiger partial charge in [-0.1, -0.05) is 61.4 Å². The smallest absolute Gasteiger partial charge is 0.303 e. The Balaban J connectivity index is 1.67. The Morgan fingerprint density at radius 1 is 0.914 bits per heavy atom. The molecule has 3 rings (SSSR count). The molecule has 0 bridgehead atoms. The maximum atomic E-state index is 13.3. The van der Waals surface area contributed by atoms with E-state index >= 15 is 0 Å². The minimum atomic E-state index is -0.784. The molecule has 6 nitrogen and oxygen atoms in total. The van der Waals surface area contributed by atoms with E-state index in [1.807, 2.05) is 97.9 Å². The fourth-order valence-electron chi connectivity index (χ4n) is 3.89. The number of anilines is 2. The molecule has 0 aromatic heterocycles. The van der Waals surface area contributed by atoms with Gasteiger partial charge < -0.3 is 20.1 Å². The van der Waals surface area contributed by atoms with Gasteiger partial charge in [0.1, 0.15) is 12.4 Å². The number of carbonyl (C=O) groups is 2. The van der Waals surface area contributed by atoms with Crippen LogP contribution in [0.15, 0.2) is 78.9 Å². The number of carboxylic acids is 1. The quantitative estimate of drug-likeness (QED) is 0.293. The molecule has 0 aliphatic rings. The van der Waals surface area contributed by atoms with Crippen LogP contribution in [0, 0.1) is 0 Å². The first-order valence-electron chi connectivity index (χ1n) is 12.0. The first-order valence-corrected chi connectivity index (χ1v) is 12.0. The van der Waals surface area contributed by atoms with Gasteiger partial charge in [0.15, 0.2) is 0 Å². The summed E-state index contributed by atoms with van der Waals surface area (Å²) >= 11 is 0. The monoisotopic (exact) mass is 474 g/mol. The molecule has 3 aromatic rings. The number of hydrogen-bond acceptors (Lipinski definition) is 4. The highest BCUT2D eigenvalue weighted by Gasteiger charge is 2.21. The Kier molecular flexibility index (Phi) is 9.72. The second-order valence-electron chi connectivity index (χ2n) is 8.82. The maximum absolute atomic E-state index is 13.3. The highest BCUT2D eigenvalue weighted by Crippen LogP contribution is 2.27. The van der Waals surface area contributed by atoms with Gasteiger partial charge in [-0.2, -0.15) is 0 Å². The number of ether oxygens (including phenoxy) is 1. The first-order chi connectivity index (χ1) is 16.9. The predicted molar refractivity (Wildman–Crippen MR) is 140 cm³/mol. The summed E-state index contributed by atoms with van der Waals surface area (Å²) in [5.41, 5.74) is 3.77. The van der Waals surface area contributed by atoms with Crippen molar-refractivity contribution < 1.29 is 19.4 Å². The summed E-state index contributed by atoms with van der Waals surface area (Å²) in [4.78, 5) is 26.2. The molecule has 6 heteroatoms. The van der Waals surface area contributed by atoms with Crippen molar-refractivity contribution in [2.75, 3.05) is 24.3 Å². The van der Waals surface area contributed by atoms with E-state index in [2.05, 4.69) is 5.32 Å². The third kappa shape index (κ3) is 8.49. The number of amides is 1. The molecule has 35 heavy (non-hydrogen) atoms. The van der Waals surface area contributed by atoms with Gasteiger partial charge in [0.2, 0.25) is 5.91 Å². The number of rotatable bonds is 13. The minimum Gasteiger partial charge on any atom is -0.489 e. The second-order valence-corrected chi connectivity index (χ2v) is 8.82. The minimum absolute atomic E-state index is 0.0824. The molecule has 0 aliphatic carbocycles. The highest BCUT2D eigenvalue weighted by molar-refractivity contribution is 5.96. The van der Waals surface area contributed by atoms with Crippen LogP contribution in [-0.4, -0.2) is 31.1 Å². The van der Waals surface area contributed by atoms with Gasteiger partial charge in [-0.3, -0.25) is 9.59 Å². The van der Waals surface area contributed by atoms with Crippen LogP contribution in [0.25, 0.3) is 0 Å². The van der Waals surface area contributed by atoms with Crippen LogP contribution in [0.4, 0.5) is 11.4 Å². The van der Waals surface area contributed by atoms with E-state index in [0.717, 1.165) is 29.7 Å². The van der Waals surface area contributed by atoms with Gasteiger partial charge in [-0.05, 0) is 48.2 Å². The average Bonchev–Trinajstić information content (AvgIpc) is 2.85. The number of carboxylic acid groups (broad SMARTS) is 1. The zero-order chi connectivity index (χ0) is 25.0. The zero-order valence-corrected chi connectivity index (χ0v) is 20.4. The number of carbonyl (C=O) groups excluding carboxylic acids is 1. The third-order valence-corrected chi connectivity index (χ3v) is 5.86. The lowest BCUT2D eigenvalue weighted by Crippen LogP contribution is -2.21. The Morgan fingerprint density at radius 3 is 2.34 bits per heavy atom. The molecule has 1 atom stereocenters. The third-order valence-electron chi connectivity index (χ3n) is 5.86. The van der Waals surface area contributed by atoms with Crippen molar-refractivity contribution in [3.8, 4) is 5.75 Å². The number of benzene rings is 3. The van der Waals surface area contributed by atoms with E-state index in [1.54, 1.807) is 0 Å². The topological polar surface area (TPSA) is 78.9 Å². The van der Waals surface area contributed by atoms with E-state index in [1.165, 1.54) is 0 Å². The van der Waals surface area contributed by atoms with Crippen molar-refractivity contribution in [1.82, 2.24) is 0 Å².